The minimum absolute atomic E-state index is 0.199. The molecule has 1 fully saturated rings. The summed E-state index contributed by atoms with van der Waals surface area (Å²) >= 11 is 0. The number of rotatable bonds is 4. The summed E-state index contributed by atoms with van der Waals surface area (Å²) in [6.45, 7) is 0. The summed E-state index contributed by atoms with van der Waals surface area (Å²) in [5.41, 5.74) is 2.33. The fraction of sp³-hybridized carbons (Fsp3) is 0.125. The lowest BCUT2D eigenvalue weighted by atomic mass is 9.53. The molecule has 0 spiro atoms. The number of benzene rings is 2. The van der Waals surface area contributed by atoms with Gasteiger partial charge >= 0.3 is 0 Å². The molecule has 0 unspecified atom stereocenters. The summed E-state index contributed by atoms with van der Waals surface area (Å²) in [7, 11) is 0. The van der Waals surface area contributed by atoms with Crippen LogP contribution in [0.1, 0.15) is 32.1 Å². The van der Waals surface area contributed by atoms with Crippen LogP contribution >= 0.6 is 0 Å². The van der Waals surface area contributed by atoms with Crippen molar-refractivity contribution in [2.45, 2.75) is 0 Å². The normalized spacial score (nSPS) is 20.0. The molecule has 2 aromatic heterocycles. The lowest BCUT2D eigenvalue weighted by molar-refractivity contribution is 0.0354. The topological polar surface area (TPSA) is 59.9 Å². The number of hydrogen-bond acceptors (Lipinski definition) is 4. The fourth-order valence-corrected chi connectivity index (χ4v) is 4.49. The number of hydrogen-bond donors (Lipinski definition) is 0. The van der Waals surface area contributed by atoms with Gasteiger partial charge in [-0.05, 0) is 48.5 Å². The standard InChI is InChI=1S/C32H22N2O2/c35-31(27-15-7-9-21-33-27)29-25(19-17-23-11-3-1-4-12-23)26(20-18-24-13-5-2-6-14-24)30(29)32(36)28-16-8-10-22-34-28/h1-16,21-22,25-26,29-30H/t25-,26+,29+,30-. The van der Waals surface area contributed by atoms with Gasteiger partial charge in [0, 0.05) is 35.4 Å². The van der Waals surface area contributed by atoms with Crippen molar-refractivity contribution in [2.24, 2.45) is 23.7 Å². The van der Waals surface area contributed by atoms with Crippen LogP contribution < -0.4 is 0 Å². The molecule has 4 atom stereocenters. The van der Waals surface area contributed by atoms with E-state index in [1.54, 1.807) is 48.8 Å². The van der Waals surface area contributed by atoms with E-state index in [4.69, 9.17) is 0 Å². The summed E-state index contributed by atoms with van der Waals surface area (Å²) in [5, 5.41) is 0. The molecule has 0 bridgehead atoms. The number of Topliss-reactive ketones (excluding diaryl/α,β-unsaturated/α-hetero) is 2. The number of carbonyl (C=O) groups is 2. The third-order valence-electron chi connectivity index (χ3n) is 6.30. The Bertz CT molecular complexity index is 1360. The van der Waals surface area contributed by atoms with Crippen molar-refractivity contribution in [2.75, 3.05) is 0 Å². The zero-order valence-electron chi connectivity index (χ0n) is 19.4. The second kappa shape index (κ2) is 10.6. The second-order valence-corrected chi connectivity index (χ2v) is 8.53. The molecule has 4 nitrogen and oxygen atoms in total. The molecule has 4 aromatic rings. The number of aromatic nitrogens is 2. The van der Waals surface area contributed by atoms with Crippen molar-refractivity contribution in [1.29, 1.82) is 0 Å². The molecule has 1 aliphatic rings. The zero-order chi connectivity index (χ0) is 24.7. The Balaban J connectivity index is 1.58. The van der Waals surface area contributed by atoms with E-state index in [0.717, 1.165) is 11.1 Å². The van der Waals surface area contributed by atoms with Gasteiger partial charge < -0.3 is 0 Å². The highest BCUT2D eigenvalue weighted by Crippen LogP contribution is 2.48. The molecule has 4 heteroatoms. The highest BCUT2D eigenvalue weighted by atomic mass is 16.1. The van der Waals surface area contributed by atoms with Crippen LogP contribution in [0.2, 0.25) is 0 Å². The van der Waals surface area contributed by atoms with Gasteiger partial charge in [0.2, 0.25) is 0 Å². The Hall–Kier alpha value is -4.80. The molecule has 0 amide bonds. The molecular weight excluding hydrogens is 444 g/mol. The van der Waals surface area contributed by atoms with E-state index >= 15 is 0 Å². The largest absolute Gasteiger partial charge is 0.292 e. The first-order valence-corrected chi connectivity index (χ1v) is 11.8. The van der Waals surface area contributed by atoms with Crippen LogP contribution in [0.15, 0.2) is 109 Å². The monoisotopic (exact) mass is 466 g/mol. The van der Waals surface area contributed by atoms with E-state index in [-0.39, 0.29) is 11.6 Å². The second-order valence-electron chi connectivity index (χ2n) is 8.53. The van der Waals surface area contributed by atoms with Crippen molar-refractivity contribution < 1.29 is 9.59 Å². The van der Waals surface area contributed by atoms with E-state index in [1.807, 2.05) is 60.7 Å². The van der Waals surface area contributed by atoms with Gasteiger partial charge in [0.25, 0.3) is 0 Å². The van der Waals surface area contributed by atoms with Crippen molar-refractivity contribution in [3.8, 4) is 23.7 Å². The zero-order valence-corrected chi connectivity index (χ0v) is 19.4. The minimum atomic E-state index is -0.666. The first kappa shape index (κ1) is 23.0. The van der Waals surface area contributed by atoms with E-state index in [2.05, 4.69) is 33.6 Å². The smallest absolute Gasteiger partial charge is 0.186 e. The van der Waals surface area contributed by atoms with E-state index < -0.39 is 23.7 Å². The van der Waals surface area contributed by atoms with Crippen LogP contribution in [-0.2, 0) is 0 Å². The van der Waals surface area contributed by atoms with Crippen LogP contribution in [0.3, 0.4) is 0 Å². The molecule has 0 radical (unpaired) electrons. The highest BCUT2D eigenvalue weighted by Gasteiger charge is 2.56. The van der Waals surface area contributed by atoms with E-state index in [9.17, 15) is 9.59 Å². The molecule has 2 heterocycles. The first-order chi connectivity index (χ1) is 17.7. The van der Waals surface area contributed by atoms with Gasteiger partial charge in [-0.25, -0.2) is 0 Å². The lowest BCUT2D eigenvalue weighted by Crippen LogP contribution is -2.53. The maximum atomic E-state index is 13.7. The molecule has 172 valence electrons. The van der Waals surface area contributed by atoms with Gasteiger partial charge in [0.15, 0.2) is 11.6 Å². The molecule has 0 saturated heterocycles. The van der Waals surface area contributed by atoms with Crippen molar-refractivity contribution in [3.05, 3.63) is 132 Å². The Morgan fingerprint density at radius 1 is 0.528 bits per heavy atom. The van der Waals surface area contributed by atoms with Crippen molar-refractivity contribution in [1.82, 2.24) is 9.97 Å². The number of pyridine rings is 2. The maximum absolute atomic E-state index is 13.7. The Morgan fingerprint density at radius 3 is 1.28 bits per heavy atom. The summed E-state index contributed by atoms with van der Waals surface area (Å²) in [4.78, 5) is 35.8. The first-order valence-electron chi connectivity index (χ1n) is 11.8. The molecular formula is C32H22N2O2. The number of nitrogens with zero attached hydrogens (tertiary/aromatic N) is 2. The van der Waals surface area contributed by atoms with Crippen LogP contribution in [0, 0.1) is 47.4 Å². The Kier molecular flexibility index (Phi) is 6.79. The molecule has 0 N–H and O–H groups in total. The van der Waals surface area contributed by atoms with Crippen LogP contribution in [-0.4, -0.2) is 21.5 Å². The molecule has 5 rings (SSSR count). The SMILES string of the molecule is O=C(c1ccccn1)[C@@H]1[C@@H](C#Cc2ccccc2)[C@@H](C#Cc2ccccc2)[C@@H]1C(=O)c1ccccn1. The van der Waals surface area contributed by atoms with Gasteiger partial charge in [-0.15, -0.1) is 0 Å². The van der Waals surface area contributed by atoms with Crippen LogP contribution in [0.5, 0.6) is 0 Å². The summed E-state index contributed by atoms with van der Waals surface area (Å²) in [5.74, 6) is 10.4. The minimum Gasteiger partial charge on any atom is -0.292 e. The third kappa shape index (κ3) is 4.85. The van der Waals surface area contributed by atoms with Crippen molar-refractivity contribution >= 4 is 11.6 Å². The van der Waals surface area contributed by atoms with E-state index in [0.29, 0.717) is 11.4 Å². The molecule has 1 aliphatic carbocycles. The summed E-state index contributed by atoms with van der Waals surface area (Å²) < 4.78 is 0. The predicted molar refractivity (Wildman–Crippen MR) is 138 cm³/mol. The fourth-order valence-electron chi connectivity index (χ4n) is 4.49. The summed E-state index contributed by atoms with van der Waals surface area (Å²) in [6.07, 6.45) is 3.16. The van der Waals surface area contributed by atoms with Crippen LogP contribution in [0.25, 0.3) is 0 Å². The van der Waals surface area contributed by atoms with Gasteiger partial charge in [-0.2, -0.15) is 0 Å². The average molecular weight is 467 g/mol. The molecule has 1 saturated carbocycles. The van der Waals surface area contributed by atoms with Gasteiger partial charge in [-0.1, -0.05) is 72.2 Å². The Labute approximate surface area is 210 Å². The quantitative estimate of drug-likeness (QED) is 0.309. The number of ketones is 2. The average Bonchev–Trinajstić information content (AvgIpc) is 2.94. The maximum Gasteiger partial charge on any atom is 0.186 e. The molecule has 2 aromatic carbocycles. The van der Waals surface area contributed by atoms with Gasteiger partial charge in [0.1, 0.15) is 11.4 Å². The highest BCUT2D eigenvalue weighted by molar-refractivity contribution is 6.05. The summed E-state index contributed by atoms with van der Waals surface area (Å²) in [6, 6.07) is 29.6. The molecule has 0 aliphatic heterocycles. The third-order valence-corrected chi connectivity index (χ3v) is 6.30. The van der Waals surface area contributed by atoms with E-state index in [1.165, 1.54) is 0 Å². The van der Waals surface area contributed by atoms with Crippen LogP contribution in [0.4, 0.5) is 0 Å². The molecule has 36 heavy (non-hydrogen) atoms. The Morgan fingerprint density at radius 2 is 0.917 bits per heavy atom. The van der Waals surface area contributed by atoms with Gasteiger partial charge in [-0.3, -0.25) is 19.6 Å². The lowest BCUT2D eigenvalue weighted by Gasteiger charge is -2.45. The number of carbonyl (C=O) groups excluding carboxylic acids is 2. The van der Waals surface area contributed by atoms with Gasteiger partial charge in [0.05, 0.1) is 11.8 Å². The van der Waals surface area contributed by atoms with Crippen molar-refractivity contribution in [3.63, 3.8) is 0 Å². The predicted octanol–water partition coefficient (Wildman–Crippen LogP) is 5.12.